The van der Waals surface area contributed by atoms with Crippen LogP contribution in [-0.2, 0) is 44.8 Å². The summed E-state index contributed by atoms with van der Waals surface area (Å²) in [5, 5.41) is 10.5. The van der Waals surface area contributed by atoms with Gasteiger partial charge in [-0.1, -0.05) is 66.7 Å². The average Bonchev–Trinajstić information content (AvgIpc) is 3.29. The number of hydrogen-bond acceptors (Lipinski definition) is 10. The number of phosphoric ester groups is 1. The Labute approximate surface area is 240 Å². The second-order valence-corrected chi connectivity index (χ2v) is 13.5. The maximum Gasteiger partial charge on any atom is 0.490 e. The molecule has 14 nitrogen and oxygen atoms in total. The van der Waals surface area contributed by atoms with Gasteiger partial charge in [-0.05, 0) is 28.8 Å². The van der Waals surface area contributed by atoms with Crippen molar-refractivity contribution in [3.63, 3.8) is 0 Å². The van der Waals surface area contributed by atoms with Gasteiger partial charge in [0.15, 0.2) is 11.5 Å². The van der Waals surface area contributed by atoms with Crippen LogP contribution in [0.15, 0.2) is 78.9 Å². The molecule has 5 N–H and O–H groups in total. The van der Waals surface area contributed by atoms with Gasteiger partial charge in [-0.15, -0.1) is 0 Å². The molecular formula is C25H29O14P3. The van der Waals surface area contributed by atoms with Crippen LogP contribution in [0.4, 0.5) is 0 Å². The molecule has 1 fully saturated rings. The van der Waals surface area contributed by atoms with Crippen LogP contribution < -0.4 is 9.47 Å². The highest BCUT2D eigenvalue weighted by Crippen LogP contribution is 2.66. The third-order valence-corrected chi connectivity index (χ3v) is 9.66. The number of rotatable bonds is 14. The van der Waals surface area contributed by atoms with Gasteiger partial charge in [0.25, 0.3) is 0 Å². The van der Waals surface area contributed by atoms with Crippen molar-refractivity contribution in [2.45, 2.75) is 37.9 Å². The third kappa shape index (κ3) is 10.1. The lowest BCUT2D eigenvalue weighted by atomic mass is 10.0. The van der Waals surface area contributed by atoms with Gasteiger partial charge in [0.1, 0.15) is 19.3 Å². The standard InChI is InChI=1S/C25H29O14P3/c26-21-14-23(37-25(21)17-36-41(30,31)39-42(32,33)38-40(27,28)29)20-11-12-22(34-15-18-7-3-1-4-8-18)24(13-20)35-16-19-9-5-2-6-10-19/h1-13,21,23,25-26H,14-17H2,(H,30,31)(H,32,33)(H2,27,28,29)/t21-,23+,25+/m0/s1. The molecule has 1 aliphatic rings. The second-order valence-electron chi connectivity index (χ2n) is 9.11. The quantitative estimate of drug-likeness (QED) is 0.154. The Hall–Kier alpha value is -2.41. The molecule has 42 heavy (non-hydrogen) atoms. The highest BCUT2D eigenvalue weighted by molar-refractivity contribution is 7.66. The van der Waals surface area contributed by atoms with E-state index in [1.165, 1.54) is 0 Å². The lowest BCUT2D eigenvalue weighted by molar-refractivity contribution is -0.0221. The fraction of sp³-hybridized carbons (Fsp3) is 0.280. The van der Waals surface area contributed by atoms with Crippen molar-refractivity contribution in [1.29, 1.82) is 0 Å². The first-order valence-electron chi connectivity index (χ1n) is 12.4. The summed E-state index contributed by atoms with van der Waals surface area (Å²) in [6.45, 7) is -0.219. The topological polar surface area (TPSA) is 208 Å². The summed E-state index contributed by atoms with van der Waals surface area (Å²) in [4.78, 5) is 36.3. The molecule has 0 radical (unpaired) electrons. The summed E-state index contributed by atoms with van der Waals surface area (Å²) in [5.41, 5.74) is 2.48. The maximum absolute atomic E-state index is 12.0. The van der Waals surface area contributed by atoms with Gasteiger partial charge < -0.3 is 38.9 Å². The van der Waals surface area contributed by atoms with Gasteiger partial charge in [0.2, 0.25) is 0 Å². The zero-order valence-electron chi connectivity index (χ0n) is 21.8. The molecule has 0 spiro atoms. The van der Waals surface area contributed by atoms with Gasteiger partial charge in [-0.25, -0.2) is 13.7 Å². The van der Waals surface area contributed by atoms with Crippen LogP contribution in [0.25, 0.3) is 0 Å². The zero-order valence-corrected chi connectivity index (χ0v) is 24.5. The van der Waals surface area contributed by atoms with Crippen LogP contribution in [0.2, 0.25) is 0 Å². The fourth-order valence-corrected chi connectivity index (χ4v) is 7.02. The highest BCUT2D eigenvalue weighted by atomic mass is 31.3. The normalized spacial score (nSPS) is 21.8. The van der Waals surface area contributed by atoms with Gasteiger partial charge in [0.05, 0.1) is 18.8 Å². The predicted molar refractivity (Wildman–Crippen MR) is 146 cm³/mol. The molecule has 17 heteroatoms. The fourth-order valence-electron chi connectivity index (χ4n) is 3.99. The Kier molecular flexibility index (Phi) is 10.8. The molecule has 3 aromatic carbocycles. The molecule has 2 unspecified atom stereocenters. The Morgan fingerprint density at radius 2 is 1.31 bits per heavy atom. The summed E-state index contributed by atoms with van der Waals surface area (Å²) in [5.74, 6) is 0.892. The number of phosphoric acid groups is 3. The maximum atomic E-state index is 12.0. The Morgan fingerprint density at radius 3 is 1.88 bits per heavy atom. The molecule has 3 aromatic rings. The van der Waals surface area contributed by atoms with Crippen LogP contribution in [-0.4, -0.2) is 43.5 Å². The van der Waals surface area contributed by atoms with E-state index >= 15 is 0 Å². The zero-order chi connectivity index (χ0) is 30.4. The molecule has 1 heterocycles. The van der Waals surface area contributed by atoms with E-state index in [0.717, 1.165) is 11.1 Å². The number of hydrogen-bond donors (Lipinski definition) is 5. The van der Waals surface area contributed by atoms with Crippen molar-refractivity contribution in [2.24, 2.45) is 0 Å². The Bertz CT molecular complexity index is 1470. The third-order valence-electron chi connectivity index (χ3n) is 5.86. The van der Waals surface area contributed by atoms with Gasteiger partial charge in [-0.2, -0.15) is 8.62 Å². The van der Waals surface area contributed by atoms with Crippen molar-refractivity contribution in [3.8, 4) is 11.5 Å². The molecular weight excluding hydrogens is 617 g/mol. The smallest absolute Gasteiger partial charge is 0.485 e. The molecule has 0 bridgehead atoms. The lowest BCUT2D eigenvalue weighted by Gasteiger charge is -2.19. The van der Waals surface area contributed by atoms with Crippen LogP contribution in [0.5, 0.6) is 11.5 Å². The first kappa shape index (κ1) is 32.5. The molecule has 0 amide bonds. The van der Waals surface area contributed by atoms with Crippen LogP contribution >= 0.6 is 23.5 Å². The molecule has 228 valence electrons. The van der Waals surface area contributed by atoms with Crippen molar-refractivity contribution < 1.29 is 65.7 Å². The van der Waals surface area contributed by atoms with E-state index in [1.807, 2.05) is 60.7 Å². The van der Waals surface area contributed by atoms with E-state index in [-0.39, 0.29) is 13.0 Å². The molecule has 0 aliphatic carbocycles. The van der Waals surface area contributed by atoms with E-state index in [2.05, 4.69) is 13.1 Å². The predicted octanol–water partition coefficient (Wildman–Crippen LogP) is 4.38. The van der Waals surface area contributed by atoms with E-state index in [4.69, 9.17) is 24.0 Å². The number of benzene rings is 3. The highest BCUT2D eigenvalue weighted by Gasteiger charge is 2.42. The summed E-state index contributed by atoms with van der Waals surface area (Å²) in [6.07, 6.45) is -2.98. The first-order chi connectivity index (χ1) is 19.8. The summed E-state index contributed by atoms with van der Waals surface area (Å²) >= 11 is 0. The van der Waals surface area contributed by atoms with Crippen molar-refractivity contribution in [2.75, 3.05) is 6.61 Å². The minimum Gasteiger partial charge on any atom is -0.485 e. The minimum atomic E-state index is -5.67. The van der Waals surface area contributed by atoms with E-state index in [1.54, 1.807) is 18.2 Å². The monoisotopic (exact) mass is 646 g/mol. The largest absolute Gasteiger partial charge is 0.490 e. The molecule has 0 saturated carbocycles. The van der Waals surface area contributed by atoms with E-state index < -0.39 is 48.4 Å². The van der Waals surface area contributed by atoms with Crippen molar-refractivity contribution >= 4 is 23.5 Å². The van der Waals surface area contributed by atoms with Gasteiger partial charge >= 0.3 is 23.5 Å². The second kappa shape index (κ2) is 13.9. The number of aliphatic hydroxyl groups excluding tert-OH is 1. The van der Waals surface area contributed by atoms with Crippen molar-refractivity contribution in [1.82, 2.24) is 0 Å². The van der Waals surface area contributed by atoms with E-state index in [9.17, 15) is 28.6 Å². The van der Waals surface area contributed by atoms with Gasteiger partial charge in [-0.3, -0.25) is 4.52 Å². The molecule has 4 rings (SSSR count). The number of aliphatic hydroxyl groups is 1. The molecule has 1 aliphatic heterocycles. The van der Waals surface area contributed by atoms with Crippen LogP contribution in [0.1, 0.15) is 29.2 Å². The first-order valence-corrected chi connectivity index (χ1v) is 16.9. The minimum absolute atomic E-state index is 0.0623. The summed E-state index contributed by atoms with van der Waals surface area (Å²) in [6, 6.07) is 24.2. The Morgan fingerprint density at radius 1 is 0.738 bits per heavy atom. The number of ether oxygens (including phenoxy) is 3. The summed E-state index contributed by atoms with van der Waals surface area (Å²) < 4.78 is 64.2. The molecule has 0 aromatic heterocycles. The molecule has 1 saturated heterocycles. The summed E-state index contributed by atoms with van der Waals surface area (Å²) in [7, 11) is -16.6. The van der Waals surface area contributed by atoms with E-state index in [0.29, 0.717) is 23.7 Å². The van der Waals surface area contributed by atoms with Crippen LogP contribution in [0, 0.1) is 0 Å². The SMILES string of the molecule is O=P(O)(O)OP(=O)(O)OP(=O)(O)OC[C@H]1O[C@@H](c2ccc(OCc3ccccc3)c(OCc3ccccc3)c2)C[C@@H]1O. The van der Waals surface area contributed by atoms with Crippen LogP contribution in [0.3, 0.4) is 0 Å². The lowest BCUT2D eigenvalue weighted by Crippen LogP contribution is -2.26. The van der Waals surface area contributed by atoms with Crippen molar-refractivity contribution in [3.05, 3.63) is 95.6 Å². The van der Waals surface area contributed by atoms with Gasteiger partial charge in [0, 0.05) is 6.42 Å². The Balaban J connectivity index is 1.43. The molecule has 5 atom stereocenters. The average molecular weight is 646 g/mol.